The van der Waals surface area contributed by atoms with Crippen molar-refractivity contribution in [3.8, 4) is 0 Å². The summed E-state index contributed by atoms with van der Waals surface area (Å²) in [6.45, 7) is 1.62. The Morgan fingerprint density at radius 2 is 2.00 bits per heavy atom. The van der Waals surface area contributed by atoms with Crippen LogP contribution in [-0.2, 0) is 9.59 Å². The highest BCUT2D eigenvalue weighted by Crippen LogP contribution is 2.18. The molecule has 0 aliphatic rings. The summed E-state index contributed by atoms with van der Waals surface area (Å²) in [6.07, 6.45) is -0.472. The summed E-state index contributed by atoms with van der Waals surface area (Å²) < 4.78 is 0. The number of hydrogen-bond donors (Lipinski definition) is 4. The van der Waals surface area contributed by atoms with Crippen molar-refractivity contribution >= 4 is 23.5 Å². The molecule has 0 aliphatic carbocycles. The second-order valence-electron chi connectivity index (χ2n) is 4.04. The predicted octanol–water partition coefficient (Wildman–Crippen LogP) is -0.166. The van der Waals surface area contributed by atoms with E-state index in [1.54, 1.807) is 19.1 Å². The van der Waals surface area contributed by atoms with E-state index in [2.05, 4.69) is 5.32 Å². The summed E-state index contributed by atoms with van der Waals surface area (Å²) in [5, 5.41) is 11.0. The van der Waals surface area contributed by atoms with E-state index in [-0.39, 0.29) is 5.56 Å². The van der Waals surface area contributed by atoms with Gasteiger partial charge in [0.25, 0.3) is 0 Å². The molecule has 2 amide bonds. The van der Waals surface area contributed by atoms with Crippen LogP contribution in [0.2, 0.25) is 0 Å². The van der Waals surface area contributed by atoms with Crippen molar-refractivity contribution in [1.29, 1.82) is 0 Å². The molecule has 1 unspecified atom stereocenters. The molecule has 0 aliphatic heterocycles. The zero-order chi connectivity index (χ0) is 14.6. The lowest BCUT2D eigenvalue weighted by atomic mass is 10.1. The minimum atomic E-state index is -1.16. The van der Waals surface area contributed by atoms with Gasteiger partial charge in [0.05, 0.1) is 12.5 Å². The van der Waals surface area contributed by atoms with Gasteiger partial charge < -0.3 is 21.9 Å². The summed E-state index contributed by atoms with van der Waals surface area (Å²) >= 11 is 0. The fourth-order valence-electron chi connectivity index (χ4n) is 1.54. The lowest BCUT2D eigenvalue weighted by Gasteiger charge is -2.13. The Bertz CT molecular complexity index is 528. The Balaban J connectivity index is 2.88. The Morgan fingerprint density at radius 3 is 2.53 bits per heavy atom. The molecule has 0 spiro atoms. The minimum absolute atomic E-state index is 0.282. The number of rotatable bonds is 5. The highest BCUT2D eigenvalue weighted by molar-refractivity contribution is 6.00. The molecular formula is C12H15N3O4. The van der Waals surface area contributed by atoms with Crippen molar-refractivity contribution < 1.29 is 19.5 Å². The molecule has 0 bridgehead atoms. The number of hydrogen-bond acceptors (Lipinski definition) is 4. The first-order chi connectivity index (χ1) is 8.82. The number of carbonyl (C=O) groups is 3. The van der Waals surface area contributed by atoms with Gasteiger partial charge in [-0.15, -0.1) is 0 Å². The number of carboxylic acids is 1. The van der Waals surface area contributed by atoms with E-state index in [9.17, 15) is 14.4 Å². The number of benzene rings is 1. The largest absolute Gasteiger partial charge is 0.481 e. The van der Waals surface area contributed by atoms with Crippen molar-refractivity contribution in [2.75, 3.05) is 5.32 Å². The van der Waals surface area contributed by atoms with Crippen molar-refractivity contribution in [3.05, 3.63) is 29.3 Å². The average Bonchev–Trinajstić information content (AvgIpc) is 2.30. The smallest absolute Gasteiger partial charge is 0.305 e. The molecule has 102 valence electrons. The fourth-order valence-corrected chi connectivity index (χ4v) is 1.54. The Morgan fingerprint density at radius 1 is 1.37 bits per heavy atom. The molecule has 19 heavy (non-hydrogen) atoms. The van der Waals surface area contributed by atoms with Crippen LogP contribution in [0.15, 0.2) is 18.2 Å². The van der Waals surface area contributed by atoms with Crippen LogP contribution in [0.25, 0.3) is 0 Å². The maximum atomic E-state index is 11.7. The molecule has 0 heterocycles. The van der Waals surface area contributed by atoms with Crippen LogP contribution in [0.4, 0.5) is 5.69 Å². The van der Waals surface area contributed by atoms with E-state index in [4.69, 9.17) is 16.6 Å². The average molecular weight is 265 g/mol. The number of nitrogens with two attached hydrogens (primary N) is 2. The summed E-state index contributed by atoms with van der Waals surface area (Å²) in [5.41, 5.74) is 11.8. The second kappa shape index (κ2) is 5.96. The predicted molar refractivity (Wildman–Crippen MR) is 68.6 cm³/mol. The molecule has 7 nitrogen and oxygen atoms in total. The van der Waals surface area contributed by atoms with E-state index < -0.39 is 30.2 Å². The van der Waals surface area contributed by atoms with Crippen molar-refractivity contribution in [1.82, 2.24) is 0 Å². The maximum absolute atomic E-state index is 11.7. The molecule has 1 aromatic rings. The standard InChI is InChI=1S/C12H15N3O4/c1-6-7(11(14)18)3-2-4-9(6)15-12(19)8(13)5-10(16)17/h2-4,8H,5,13H2,1H3,(H2,14,18)(H,15,19)(H,16,17). The van der Waals surface area contributed by atoms with Crippen LogP contribution >= 0.6 is 0 Å². The van der Waals surface area contributed by atoms with Gasteiger partial charge >= 0.3 is 5.97 Å². The van der Waals surface area contributed by atoms with Gasteiger partial charge in [0, 0.05) is 11.3 Å². The monoisotopic (exact) mass is 265 g/mol. The zero-order valence-corrected chi connectivity index (χ0v) is 10.3. The number of aliphatic carboxylic acids is 1. The molecule has 7 heteroatoms. The quantitative estimate of drug-likeness (QED) is 0.586. The van der Waals surface area contributed by atoms with Crippen LogP contribution in [-0.4, -0.2) is 28.9 Å². The highest BCUT2D eigenvalue weighted by atomic mass is 16.4. The van der Waals surface area contributed by atoms with Gasteiger partial charge in [0.1, 0.15) is 0 Å². The van der Waals surface area contributed by atoms with Crippen molar-refractivity contribution in [3.63, 3.8) is 0 Å². The minimum Gasteiger partial charge on any atom is -0.481 e. The van der Waals surface area contributed by atoms with E-state index >= 15 is 0 Å². The fraction of sp³-hybridized carbons (Fsp3) is 0.250. The normalized spacial score (nSPS) is 11.7. The van der Waals surface area contributed by atoms with Gasteiger partial charge in [-0.1, -0.05) is 6.07 Å². The molecule has 6 N–H and O–H groups in total. The van der Waals surface area contributed by atoms with Crippen molar-refractivity contribution in [2.45, 2.75) is 19.4 Å². The first-order valence-corrected chi connectivity index (χ1v) is 5.50. The van der Waals surface area contributed by atoms with Crippen molar-refractivity contribution in [2.24, 2.45) is 11.5 Å². The lowest BCUT2D eigenvalue weighted by Crippen LogP contribution is -2.37. The van der Waals surface area contributed by atoms with Crippen LogP contribution in [0.5, 0.6) is 0 Å². The van der Waals surface area contributed by atoms with E-state index in [0.717, 1.165) is 0 Å². The number of anilines is 1. The Labute approximate surface area is 109 Å². The lowest BCUT2D eigenvalue weighted by molar-refractivity contribution is -0.138. The van der Waals surface area contributed by atoms with Gasteiger partial charge in [-0.25, -0.2) is 0 Å². The molecule has 0 fully saturated rings. The molecule has 1 rings (SSSR count). The molecule has 1 aromatic carbocycles. The third-order valence-corrected chi connectivity index (χ3v) is 2.59. The van der Waals surface area contributed by atoms with Crippen LogP contribution in [0.3, 0.4) is 0 Å². The summed E-state index contributed by atoms with van der Waals surface area (Å²) in [6, 6.07) is 3.51. The third-order valence-electron chi connectivity index (χ3n) is 2.59. The number of nitrogens with one attached hydrogen (secondary N) is 1. The SMILES string of the molecule is Cc1c(NC(=O)C(N)CC(=O)O)cccc1C(N)=O. The first-order valence-electron chi connectivity index (χ1n) is 5.50. The van der Waals surface area contributed by atoms with Gasteiger partial charge in [0.15, 0.2) is 0 Å². The zero-order valence-electron chi connectivity index (χ0n) is 10.3. The molecule has 1 atom stereocenters. The number of amides is 2. The summed E-state index contributed by atoms with van der Waals surface area (Å²) in [4.78, 5) is 33.3. The molecule has 0 saturated carbocycles. The van der Waals surface area contributed by atoms with Gasteiger partial charge in [-0.2, -0.15) is 0 Å². The summed E-state index contributed by atoms with van der Waals surface area (Å²) in [5.74, 6) is -2.40. The van der Waals surface area contributed by atoms with E-state index in [0.29, 0.717) is 11.3 Å². The Kier molecular flexibility index (Phi) is 4.60. The van der Waals surface area contributed by atoms with Gasteiger partial charge in [-0.3, -0.25) is 14.4 Å². The molecular weight excluding hydrogens is 250 g/mol. The first kappa shape index (κ1) is 14.7. The number of carboxylic acid groups (broad SMARTS) is 1. The molecule has 0 saturated heterocycles. The van der Waals surface area contributed by atoms with Crippen LogP contribution in [0, 0.1) is 6.92 Å². The second-order valence-corrected chi connectivity index (χ2v) is 4.04. The van der Waals surface area contributed by atoms with E-state index in [1.807, 2.05) is 0 Å². The number of carbonyl (C=O) groups excluding carboxylic acids is 2. The number of primary amides is 1. The van der Waals surface area contributed by atoms with Crippen LogP contribution < -0.4 is 16.8 Å². The van der Waals surface area contributed by atoms with Gasteiger partial charge in [-0.05, 0) is 24.6 Å². The summed E-state index contributed by atoms with van der Waals surface area (Å²) in [7, 11) is 0. The topological polar surface area (TPSA) is 136 Å². The molecule has 0 radical (unpaired) electrons. The Hall–Kier alpha value is -2.41. The van der Waals surface area contributed by atoms with E-state index in [1.165, 1.54) is 6.07 Å². The molecule has 0 aromatic heterocycles. The highest BCUT2D eigenvalue weighted by Gasteiger charge is 2.18. The third kappa shape index (κ3) is 3.78. The maximum Gasteiger partial charge on any atom is 0.305 e. The van der Waals surface area contributed by atoms with Crippen LogP contribution in [0.1, 0.15) is 22.3 Å². The van der Waals surface area contributed by atoms with Gasteiger partial charge in [0.2, 0.25) is 11.8 Å².